The topological polar surface area (TPSA) is 75.1 Å². The van der Waals surface area contributed by atoms with Crippen LogP contribution in [0.5, 0.6) is 0 Å². The number of carboxylic acids is 1. The normalized spacial score (nSPS) is 10.8. The average molecular weight is 279 g/mol. The summed E-state index contributed by atoms with van der Waals surface area (Å²) in [6.07, 6.45) is 4.02. The number of unbranched alkanes of at least 4 members (excludes halogenated alkanes) is 3. The minimum absolute atomic E-state index is 0.270. The van der Waals surface area contributed by atoms with Gasteiger partial charge in [-0.25, -0.2) is 9.97 Å². The number of anilines is 1. The summed E-state index contributed by atoms with van der Waals surface area (Å²) < 4.78 is 0. The van der Waals surface area contributed by atoms with Crippen molar-refractivity contribution in [1.82, 2.24) is 9.97 Å². The fourth-order valence-corrected chi connectivity index (χ4v) is 1.92. The van der Waals surface area contributed by atoms with Crippen LogP contribution in [0.3, 0.4) is 0 Å². The maximum absolute atomic E-state index is 10.4. The van der Waals surface area contributed by atoms with Gasteiger partial charge in [0.2, 0.25) is 5.95 Å². The third-order valence-corrected chi connectivity index (χ3v) is 3.07. The fraction of sp³-hybridized carbons (Fsp3) is 0.667. The van der Waals surface area contributed by atoms with Gasteiger partial charge in [0.15, 0.2) is 0 Å². The van der Waals surface area contributed by atoms with Crippen LogP contribution in [0.1, 0.15) is 63.3 Å². The maximum Gasteiger partial charge on any atom is 0.303 e. The predicted molar refractivity (Wildman–Crippen MR) is 80.1 cm³/mol. The Balaban J connectivity index is 2.26. The summed E-state index contributed by atoms with van der Waals surface area (Å²) in [5.74, 6) is 0.380. The van der Waals surface area contributed by atoms with E-state index in [1.165, 1.54) is 0 Å². The van der Waals surface area contributed by atoms with Crippen LogP contribution in [-0.2, 0) is 4.79 Å². The van der Waals surface area contributed by atoms with Gasteiger partial charge in [0, 0.05) is 24.4 Å². The Labute approximate surface area is 120 Å². The molecule has 0 amide bonds. The number of hydrogen-bond donors (Lipinski definition) is 2. The minimum atomic E-state index is -0.711. The number of nitrogens with zero attached hydrogens (tertiary/aromatic N) is 2. The Morgan fingerprint density at radius 3 is 2.60 bits per heavy atom. The van der Waals surface area contributed by atoms with Crippen LogP contribution in [0.15, 0.2) is 6.07 Å². The molecule has 0 aliphatic heterocycles. The Morgan fingerprint density at radius 1 is 1.25 bits per heavy atom. The van der Waals surface area contributed by atoms with E-state index in [1.807, 2.05) is 13.0 Å². The molecule has 0 spiro atoms. The van der Waals surface area contributed by atoms with Crippen molar-refractivity contribution in [1.29, 1.82) is 0 Å². The van der Waals surface area contributed by atoms with Gasteiger partial charge < -0.3 is 10.4 Å². The monoisotopic (exact) mass is 279 g/mol. The van der Waals surface area contributed by atoms with Gasteiger partial charge in [-0.15, -0.1) is 0 Å². The van der Waals surface area contributed by atoms with E-state index >= 15 is 0 Å². The standard InChI is InChI=1S/C15H25N3O2/c1-11(2)13-10-12(3)17-15(18-13)16-9-7-5-4-6-8-14(19)20/h10-11H,4-9H2,1-3H3,(H,19,20)(H,16,17,18). The Bertz CT molecular complexity index is 433. The number of aliphatic carboxylic acids is 1. The summed E-state index contributed by atoms with van der Waals surface area (Å²) in [5, 5.41) is 11.8. The second-order valence-corrected chi connectivity index (χ2v) is 5.40. The van der Waals surface area contributed by atoms with Crippen molar-refractivity contribution in [3.63, 3.8) is 0 Å². The highest BCUT2D eigenvalue weighted by atomic mass is 16.4. The molecule has 1 rings (SSSR count). The number of aromatic nitrogens is 2. The molecule has 5 heteroatoms. The number of rotatable bonds is 9. The summed E-state index contributed by atoms with van der Waals surface area (Å²) >= 11 is 0. The van der Waals surface area contributed by atoms with E-state index < -0.39 is 5.97 Å². The summed E-state index contributed by atoms with van der Waals surface area (Å²) in [6.45, 7) is 7.04. The summed E-state index contributed by atoms with van der Waals surface area (Å²) in [4.78, 5) is 19.2. The van der Waals surface area contributed by atoms with Gasteiger partial charge in [0.1, 0.15) is 0 Å². The molecule has 20 heavy (non-hydrogen) atoms. The summed E-state index contributed by atoms with van der Waals surface area (Å²) in [7, 11) is 0. The average Bonchev–Trinajstić information content (AvgIpc) is 2.36. The summed E-state index contributed by atoms with van der Waals surface area (Å²) in [5.41, 5.74) is 2.04. The molecule has 0 aromatic carbocycles. The number of aryl methyl sites for hydroxylation is 1. The van der Waals surface area contributed by atoms with Crippen molar-refractivity contribution in [2.75, 3.05) is 11.9 Å². The molecular weight excluding hydrogens is 254 g/mol. The van der Waals surface area contributed by atoms with Crippen molar-refractivity contribution in [2.24, 2.45) is 0 Å². The molecule has 0 unspecified atom stereocenters. The third-order valence-electron chi connectivity index (χ3n) is 3.07. The molecular formula is C15H25N3O2. The van der Waals surface area contributed by atoms with Crippen molar-refractivity contribution < 1.29 is 9.90 Å². The maximum atomic E-state index is 10.4. The molecule has 0 atom stereocenters. The lowest BCUT2D eigenvalue weighted by atomic mass is 10.1. The number of carboxylic acid groups (broad SMARTS) is 1. The van der Waals surface area contributed by atoms with Gasteiger partial charge in [-0.1, -0.05) is 26.7 Å². The largest absolute Gasteiger partial charge is 0.481 e. The van der Waals surface area contributed by atoms with E-state index in [4.69, 9.17) is 5.11 Å². The van der Waals surface area contributed by atoms with Gasteiger partial charge >= 0.3 is 5.97 Å². The minimum Gasteiger partial charge on any atom is -0.481 e. The molecule has 0 bridgehead atoms. The van der Waals surface area contributed by atoms with E-state index in [0.29, 0.717) is 11.9 Å². The van der Waals surface area contributed by atoms with Crippen LogP contribution in [-0.4, -0.2) is 27.6 Å². The van der Waals surface area contributed by atoms with Crippen molar-refractivity contribution in [3.8, 4) is 0 Å². The van der Waals surface area contributed by atoms with Gasteiger partial charge in [-0.05, 0) is 31.7 Å². The molecule has 0 aliphatic rings. The molecule has 1 aromatic rings. The molecule has 0 fully saturated rings. The molecule has 5 nitrogen and oxygen atoms in total. The first kappa shape index (κ1) is 16.4. The van der Waals surface area contributed by atoms with E-state index in [0.717, 1.165) is 43.6 Å². The quantitative estimate of drug-likeness (QED) is 0.678. The Hall–Kier alpha value is -1.65. The van der Waals surface area contributed by atoms with E-state index in [9.17, 15) is 4.79 Å². The van der Waals surface area contributed by atoms with E-state index in [2.05, 4.69) is 29.1 Å². The highest BCUT2D eigenvalue weighted by molar-refractivity contribution is 5.66. The molecule has 112 valence electrons. The SMILES string of the molecule is Cc1cc(C(C)C)nc(NCCCCCCC(=O)O)n1. The molecule has 0 saturated carbocycles. The first-order valence-electron chi connectivity index (χ1n) is 7.30. The lowest BCUT2D eigenvalue weighted by molar-refractivity contribution is -0.137. The van der Waals surface area contributed by atoms with Crippen LogP contribution >= 0.6 is 0 Å². The van der Waals surface area contributed by atoms with E-state index in [-0.39, 0.29) is 6.42 Å². The molecule has 1 heterocycles. The van der Waals surface area contributed by atoms with Crippen LogP contribution < -0.4 is 5.32 Å². The van der Waals surface area contributed by atoms with Gasteiger partial charge in [0.25, 0.3) is 0 Å². The molecule has 1 aromatic heterocycles. The number of carbonyl (C=O) groups is 1. The zero-order chi connectivity index (χ0) is 15.0. The Morgan fingerprint density at radius 2 is 1.95 bits per heavy atom. The second kappa shape index (κ2) is 8.51. The van der Waals surface area contributed by atoms with Crippen LogP contribution in [0, 0.1) is 6.92 Å². The third kappa shape index (κ3) is 6.50. The predicted octanol–water partition coefficient (Wildman–Crippen LogP) is 3.36. The zero-order valence-corrected chi connectivity index (χ0v) is 12.6. The van der Waals surface area contributed by atoms with Gasteiger partial charge in [-0.3, -0.25) is 4.79 Å². The summed E-state index contributed by atoms with van der Waals surface area (Å²) in [6, 6.07) is 2.02. The number of hydrogen-bond acceptors (Lipinski definition) is 4. The fourth-order valence-electron chi connectivity index (χ4n) is 1.92. The van der Waals surface area contributed by atoms with Crippen LogP contribution in [0.2, 0.25) is 0 Å². The zero-order valence-electron chi connectivity index (χ0n) is 12.6. The highest BCUT2D eigenvalue weighted by Crippen LogP contribution is 2.14. The molecule has 0 aliphatic carbocycles. The molecule has 0 saturated heterocycles. The van der Waals surface area contributed by atoms with E-state index in [1.54, 1.807) is 0 Å². The van der Waals surface area contributed by atoms with Gasteiger partial charge in [0.05, 0.1) is 0 Å². The Kier molecular flexibility index (Phi) is 6.98. The first-order chi connectivity index (χ1) is 9.49. The lowest BCUT2D eigenvalue weighted by Gasteiger charge is -2.10. The van der Waals surface area contributed by atoms with Crippen LogP contribution in [0.25, 0.3) is 0 Å². The lowest BCUT2D eigenvalue weighted by Crippen LogP contribution is -2.08. The molecule has 2 N–H and O–H groups in total. The van der Waals surface area contributed by atoms with Crippen LogP contribution in [0.4, 0.5) is 5.95 Å². The highest BCUT2D eigenvalue weighted by Gasteiger charge is 2.05. The van der Waals surface area contributed by atoms with Gasteiger partial charge in [-0.2, -0.15) is 0 Å². The first-order valence-corrected chi connectivity index (χ1v) is 7.30. The van der Waals surface area contributed by atoms with Crippen molar-refractivity contribution in [2.45, 2.75) is 58.8 Å². The number of nitrogens with one attached hydrogen (secondary N) is 1. The van der Waals surface area contributed by atoms with Crippen molar-refractivity contribution >= 4 is 11.9 Å². The molecule has 0 radical (unpaired) electrons. The second-order valence-electron chi connectivity index (χ2n) is 5.40. The smallest absolute Gasteiger partial charge is 0.303 e. The van der Waals surface area contributed by atoms with Crippen molar-refractivity contribution in [3.05, 3.63) is 17.5 Å².